The Morgan fingerprint density at radius 2 is 2.45 bits per heavy atom. The lowest BCUT2D eigenvalue weighted by Crippen LogP contribution is -2.20. The van der Waals surface area contributed by atoms with Crippen LogP contribution in [0.4, 0.5) is 0 Å². The normalized spacial score (nSPS) is 13.4. The molecule has 11 heavy (non-hydrogen) atoms. The zero-order chi connectivity index (χ0) is 8.27. The highest BCUT2D eigenvalue weighted by atomic mass is 15.4. The minimum atomic E-state index is 0.333. The summed E-state index contributed by atoms with van der Waals surface area (Å²) in [6.45, 7) is 5.15. The molecule has 0 spiro atoms. The van der Waals surface area contributed by atoms with E-state index in [-0.39, 0.29) is 0 Å². The minimum Gasteiger partial charge on any atom is -0.309 e. The molecule has 0 aromatic carbocycles. The van der Waals surface area contributed by atoms with Gasteiger partial charge in [0.25, 0.3) is 0 Å². The summed E-state index contributed by atoms with van der Waals surface area (Å²) in [5.74, 6) is 0. The molecule has 1 rings (SSSR count). The lowest BCUT2D eigenvalue weighted by molar-refractivity contribution is 0.543. The quantitative estimate of drug-likeness (QED) is 0.688. The van der Waals surface area contributed by atoms with Crippen LogP contribution in [0.2, 0.25) is 0 Å². The maximum atomic E-state index is 3.85. The van der Waals surface area contributed by atoms with E-state index < -0.39 is 0 Å². The Hall–Kier alpha value is -0.900. The molecule has 1 aromatic rings. The molecular formula is C7H14N4. The van der Waals surface area contributed by atoms with Gasteiger partial charge in [-0.05, 0) is 13.5 Å². The molecule has 0 fully saturated rings. The molecule has 0 amide bonds. The zero-order valence-corrected chi connectivity index (χ0v) is 7.20. The van der Waals surface area contributed by atoms with Gasteiger partial charge in [0.15, 0.2) is 0 Å². The van der Waals surface area contributed by atoms with E-state index >= 15 is 0 Å². The summed E-state index contributed by atoms with van der Waals surface area (Å²) in [4.78, 5) is 0. The molecule has 1 unspecified atom stereocenters. The van der Waals surface area contributed by atoms with E-state index in [1.807, 2.05) is 7.05 Å². The third-order valence-corrected chi connectivity index (χ3v) is 1.70. The van der Waals surface area contributed by atoms with Gasteiger partial charge in [0.1, 0.15) is 0 Å². The van der Waals surface area contributed by atoms with Crippen LogP contribution in [0, 0.1) is 0 Å². The number of nitrogens with one attached hydrogen (secondary N) is 1. The molecule has 62 valence electrons. The first-order chi connectivity index (χ1) is 5.25. The maximum Gasteiger partial charge on any atom is 0.0750 e. The number of hydrogen-bond acceptors (Lipinski definition) is 3. The van der Waals surface area contributed by atoms with Crippen LogP contribution < -0.4 is 5.32 Å². The Morgan fingerprint density at radius 3 is 2.91 bits per heavy atom. The number of hydrogen-bond donors (Lipinski definition) is 1. The van der Waals surface area contributed by atoms with Crippen LogP contribution in [0.5, 0.6) is 0 Å². The molecule has 4 heteroatoms. The second kappa shape index (κ2) is 3.48. The molecule has 1 aromatic heterocycles. The van der Waals surface area contributed by atoms with Crippen LogP contribution in [0.3, 0.4) is 0 Å². The van der Waals surface area contributed by atoms with E-state index in [0.717, 1.165) is 12.2 Å². The third-order valence-electron chi connectivity index (χ3n) is 1.70. The fourth-order valence-electron chi connectivity index (χ4n) is 1.10. The number of aromatic nitrogens is 3. The zero-order valence-electron chi connectivity index (χ0n) is 7.20. The van der Waals surface area contributed by atoms with Gasteiger partial charge in [-0.3, -0.25) is 4.68 Å². The number of nitrogens with zero attached hydrogens (tertiary/aromatic N) is 3. The first kappa shape index (κ1) is 8.20. The van der Waals surface area contributed by atoms with E-state index in [1.54, 1.807) is 10.9 Å². The van der Waals surface area contributed by atoms with E-state index in [2.05, 4.69) is 29.5 Å². The van der Waals surface area contributed by atoms with Gasteiger partial charge in [0.05, 0.1) is 11.9 Å². The lowest BCUT2D eigenvalue weighted by Gasteiger charge is -2.10. The van der Waals surface area contributed by atoms with Crippen LogP contribution >= 0.6 is 0 Å². The highest BCUT2D eigenvalue weighted by Gasteiger charge is 2.07. The smallest absolute Gasteiger partial charge is 0.0750 e. The molecule has 0 radical (unpaired) electrons. The van der Waals surface area contributed by atoms with Crippen LogP contribution in [0.15, 0.2) is 6.20 Å². The van der Waals surface area contributed by atoms with Gasteiger partial charge in [0.2, 0.25) is 0 Å². The summed E-state index contributed by atoms with van der Waals surface area (Å²) in [6.07, 6.45) is 1.79. The summed E-state index contributed by atoms with van der Waals surface area (Å²) in [6, 6.07) is 0.333. The van der Waals surface area contributed by atoms with Gasteiger partial charge in [0, 0.05) is 13.1 Å². The van der Waals surface area contributed by atoms with Crippen molar-refractivity contribution in [1.82, 2.24) is 20.3 Å². The Bertz CT molecular complexity index is 218. The first-order valence-corrected chi connectivity index (χ1v) is 3.83. The van der Waals surface area contributed by atoms with Crippen molar-refractivity contribution in [3.8, 4) is 0 Å². The average molecular weight is 154 g/mol. The highest BCUT2D eigenvalue weighted by Crippen LogP contribution is 2.07. The van der Waals surface area contributed by atoms with Gasteiger partial charge >= 0.3 is 0 Å². The van der Waals surface area contributed by atoms with E-state index in [4.69, 9.17) is 0 Å². The molecular weight excluding hydrogens is 140 g/mol. The number of aryl methyl sites for hydroxylation is 1. The monoisotopic (exact) mass is 154 g/mol. The van der Waals surface area contributed by atoms with Crippen molar-refractivity contribution in [2.75, 3.05) is 6.54 Å². The summed E-state index contributed by atoms with van der Waals surface area (Å²) >= 11 is 0. The van der Waals surface area contributed by atoms with Gasteiger partial charge in [-0.25, -0.2) is 0 Å². The predicted octanol–water partition coefficient (Wildman–Crippen LogP) is 0.486. The predicted molar refractivity (Wildman–Crippen MR) is 43.1 cm³/mol. The molecule has 0 saturated carbocycles. The summed E-state index contributed by atoms with van der Waals surface area (Å²) in [5, 5.41) is 10.9. The summed E-state index contributed by atoms with van der Waals surface area (Å²) in [7, 11) is 1.90. The van der Waals surface area contributed by atoms with E-state index in [9.17, 15) is 0 Å². The number of rotatable bonds is 3. The largest absolute Gasteiger partial charge is 0.309 e. The second-order valence-electron chi connectivity index (χ2n) is 2.56. The Labute approximate surface area is 66.6 Å². The van der Waals surface area contributed by atoms with Crippen molar-refractivity contribution < 1.29 is 0 Å². The first-order valence-electron chi connectivity index (χ1n) is 3.83. The molecule has 4 nitrogen and oxygen atoms in total. The Kier molecular flexibility index (Phi) is 2.59. The third kappa shape index (κ3) is 1.77. The molecule has 0 bridgehead atoms. The van der Waals surface area contributed by atoms with Crippen molar-refractivity contribution in [1.29, 1.82) is 0 Å². The second-order valence-corrected chi connectivity index (χ2v) is 2.56. The molecule has 1 heterocycles. The van der Waals surface area contributed by atoms with Crippen molar-refractivity contribution in [2.45, 2.75) is 19.9 Å². The van der Waals surface area contributed by atoms with Crippen LogP contribution in [0.25, 0.3) is 0 Å². The average Bonchev–Trinajstić information content (AvgIpc) is 2.36. The van der Waals surface area contributed by atoms with Crippen molar-refractivity contribution in [2.24, 2.45) is 7.05 Å². The highest BCUT2D eigenvalue weighted by molar-refractivity contribution is 4.99. The topological polar surface area (TPSA) is 42.7 Å². The van der Waals surface area contributed by atoms with Crippen LogP contribution in [-0.2, 0) is 7.05 Å². The van der Waals surface area contributed by atoms with Gasteiger partial charge in [-0.1, -0.05) is 12.1 Å². The molecule has 1 N–H and O–H groups in total. The minimum absolute atomic E-state index is 0.333. The maximum absolute atomic E-state index is 3.85. The van der Waals surface area contributed by atoms with Crippen molar-refractivity contribution in [3.05, 3.63) is 11.9 Å². The van der Waals surface area contributed by atoms with E-state index in [1.165, 1.54) is 0 Å². The Morgan fingerprint density at radius 1 is 1.73 bits per heavy atom. The molecule has 0 aliphatic carbocycles. The summed E-state index contributed by atoms with van der Waals surface area (Å²) in [5.41, 5.74) is 1.12. The summed E-state index contributed by atoms with van der Waals surface area (Å²) < 4.78 is 1.79. The van der Waals surface area contributed by atoms with Crippen LogP contribution in [-0.4, -0.2) is 21.5 Å². The van der Waals surface area contributed by atoms with Crippen LogP contribution in [0.1, 0.15) is 25.6 Å². The molecule has 0 saturated heterocycles. The van der Waals surface area contributed by atoms with Gasteiger partial charge in [-0.15, -0.1) is 5.10 Å². The molecule has 1 atom stereocenters. The van der Waals surface area contributed by atoms with Gasteiger partial charge in [-0.2, -0.15) is 0 Å². The van der Waals surface area contributed by atoms with Gasteiger partial charge < -0.3 is 5.32 Å². The Balaban J connectivity index is 2.67. The SMILES string of the molecule is CCNC(C)c1cnnn1C. The van der Waals surface area contributed by atoms with Crippen molar-refractivity contribution in [3.63, 3.8) is 0 Å². The lowest BCUT2D eigenvalue weighted by atomic mass is 10.2. The molecule has 0 aliphatic heterocycles. The van der Waals surface area contributed by atoms with E-state index in [0.29, 0.717) is 6.04 Å². The fraction of sp³-hybridized carbons (Fsp3) is 0.714. The standard InChI is InChI=1S/C7H14N4/c1-4-8-6(2)7-5-9-10-11(7)3/h5-6,8H,4H2,1-3H3. The fourth-order valence-corrected chi connectivity index (χ4v) is 1.10. The van der Waals surface area contributed by atoms with Crippen molar-refractivity contribution >= 4 is 0 Å². The molecule has 0 aliphatic rings.